The fourth-order valence-electron chi connectivity index (χ4n) is 2.08. The van der Waals surface area contributed by atoms with Gasteiger partial charge in [0, 0.05) is 12.8 Å². The average molecular weight is 313 g/mol. The van der Waals surface area contributed by atoms with Crippen LogP contribution in [-0.4, -0.2) is 12.9 Å². The number of benzene rings is 1. The van der Waals surface area contributed by atoms with Gasteiger partial charge in [-0.25, -0.2) is 0 Å². The fraction of sp³-hybridized carbons (Fsp3) is 0.533. The van der Waals surface area contributed by atoms with E-state index < -0.39 is 0 Å². The van der Waals surface area contributed by atoms with Gasteiger partial charge in [-0.2, -0.15) is 0 Å². The number of halogens is 1. The first-order chi connectivity index (χ1) is 8.56. The molecule has 1 rings (SSSR count). The molecule has 0 saturated heterocycles. The van der Waals surface area contributed by atoms with Gasteiger partial charge in [-0.1, -0.05) is 19.9 Å². The quantitative estimate of drug-likeness (QED) is 0.746. The molecule has 3 heteroatoms. The lowest BCUT2D eigenvalue weighted by Crippen LogP contribution is -2.07. The van der Waals surface area contributed by atoms with Crippen LogP contribution < -0.4 is 4.74 Å². The molecule has 0 heterocycles. The van der Waals surface area contributed by atoms with Gasteiger partial charge in [0.1, 0.15) is 11.5 Å². The summed E-state index contributed by atoms with van der Waals surface area (Å²) < 4.78 is 6.17. The van der Waals surface area contributed by atoms with Gasteiger partial charge < -0.3 is 4.74 Å². The van der Waals surface area contributed by atoms with E-state index in [1.54, 1.807) is 7.11 Å². The maximum Gasteiger partial charge on any atom is 0.133 e. The van der Waals surface area contributed by atoms with E-state index in [-0.39, 0.29) is 0 Å². The van der Waals surface area contributed by atoms with E-state index in [1.807, 2.05) is 13.0 Å². The third-order valence-electron chi connectivity index (χ3n) is 2.91. The van der Waals surface area contributed by atoms with Crippen molar-refractivity contribution in [2.75, 3.05) is 7.11 Å². The zero-order valence-corrected chi connectivity index (χ0v) is 12.9. The lowest BCUT2D eigenvalue weighted by atomic mass is 9.95. The minimum absolute atomic E-state index is 0.373. The van der Waals surface area contributed by atoms with Crippen molar-refractivity contribution in [1.82, 2.24) is 0 Å². The first-order valence-corrected chi connectivity index (χ1v) is 7.20. The highest BCUT2D eigenvalue weighted by molar-refractivity contribution is 9.10. The molecule has 2 nitrogen and oxygen atoms in total. The Labute approximate surface area is 118 Å². The van der Waals surface area contributed by atoms with E-state index in [0.29, 0.717) is 24.5 Å². The smallest absolute Gasteiger partial charge is 0.133 e. The highest BCUT2D eigenvalue weighted by Gasteiger charge is 2.10. The Balaban J connectivity index is 2.56. The molecule has 0 fully saturated rings. The monoisotopic (exact) mass is 312 g/mol. The molecule has 0 spiro atoms. The molecule has 18 heavy (non-hydrogen) atoms. The minimum atomic E-state index is 0.373. The number of Topliss-reactive ketones (excluding diaryl/α,β-unsaturated/α-hetero) is 1. The van der Waals surface area contributed by atoms with E-state index in [4.69, 9.17) is 4.74 Å². The van der Waals surface area contributed by atoms with Gasteiger partial charge >= 0.3 is 0 Å². The molecule has 0 aliphatic rings. The normalized spacial score (nSPS) is 12.2. The maximum atomic E-state index is 11.6. The van der Waals surface area contributed by atoms with Crippen molar-refractivity contribution in [2.45, 2.75) is 39.5 Å². The number of carbonyl (C=O) groups is 1. The van der Waals surface area contributed by atoms with Crippen LogP contribution in [0.5, 0.6) is 5.75 Å². The summed E-state index contributed by atoms with van der Waals surface area (Å²) in [6.07, 6.45) is 3.26. The Morgan fingerprint density at radius 1 is 1.44 bits per heavy atom. The summed E-state index contributed by atoms with van der Waals surface area (Å²) in [6.45, 7) is 4.18. The Morgan fingerprint density at radius 3 is 2.72 bits per heavy atom. The summed E-state index contributed by atoms with van der Waals surface area (Å²) in [4.78, 5) is 11.6. The van der Waals surface area contributed by atoms with Crippen LogP contribution in [-0.2, 0) is 11.2 Å². The van der Waals surface area contributed by atoms with Crippen LogP contribution in [0.25, 0.3) is 0 Å². The highest BCUT2D eigenvalue weighted by Crippen LogP contribution is 2.27. The van der Waals surface area contributed by atoms with Gasteiger partial charge in [0.05, 0.1) is 11.6 Å². The van der Waals surface area contributed by atoms with Crippen LogP contribution in [0.2, 0.25) is 0 Å². The molecule has 0 amide bonds. The predicted molar refractivity (Wildman–Crippen MR) is 78.1 cm³/mol. The topological polar surface area (TPSA) is 26.3 Å². The third kappa shape index (κ3) is 4.81. The van der Waals surface area contributed by atoms with E-state index in [9.17, 15) is 4.79 Å². The molecule has 0 radical (unpaired) electrons. The standard InChI is InChI=1S/C15H21BrO2/c1-4-5-13(17)9-11(2)8-12-6-7-15(18-3)14(16)10-12/h6-7,10-11H,4-5,8-9H2,1-3H3. The Kier molecular flexibility index (Phi) is 6.41. The van der Waals surface area contributed by atoms with Gasteiger partial charge in [-0.15, -0.1) is 0 Å². The molecule has 1 atom stereocenters. The molecular weight excluding hydrogens is 292 g/mol. The molecule has 100 valence electrons. The summed E-state index contributed by atoms with van der Waals surface area (Å²) in [7, 11) is 1.66. The highest BCUT2D eigenvalue weighted by atomic mass is 79.9. The predicted octanol–water partition coefficient (Wildman–Crippen LogP) is 4.40. The lowest BCUT2D eigenvalue weighted by molar-refractivity contribution is -0.119. The number of carbonyl (C=O) groups excluding carboxylic acids is 1. The van der Waals surface area contributed by atoms with Crippen molar-refractivity contribution >= 4 is 21.7 Å². The molecule has 0 saturated carbocycles. The Bertz CT molecular complexity index is 401. The maximum absolute atomic E-state index is 11.6. The molecule has 0 aromatic heterocycles. The van der Waals surface area contributed by atoms with Crippen molar-refractivity contribution in [1.29, 1.82) is 0 Å². The van der Waals surface area contributed by atoms with Gasteiger partial charge in [0.25, 0.3) is 0 Å². The second-order valence-electron chi connectivity index (χ2n) is 4.77. The molecular formula is C15H21BrO2. The third-order valence-corrected chi connectivity index (χ3v) is 3.53. The summed E-state index contributed by atoms with van der Waals surface area (Å²) >= 11 is 3.48. The summed E-state index contributed by atoms with van der Waals surface area (Å²) in [5.41, 5.74) is 1.24. The second-order valence-corrected chi connectivity index (χ2v) is 5.63. The summed E-state index contributed by atoms with van der Waals surface area (Å²) in [5.74, 6) is 1.61. The molecule has 0 aliphatic heterocycles. The molecule has 0 bridgehead atoms. The summed E-state index contributed by atoms with van der Waals surface area (Å²) in [6, 6.07) is 6.09. The molecule has 1 aromatic carbocycles. The average Bonchev–Trinajstić information content (AvgIpc) is 2.29. The van der Waals surface area contributed by atoms with Crippen LogP contribution in [0.1, 0.15) is 38.7 Å². The Hall–Kier alpha value is -0.830. The molecule has 1 unspecified atom stereocenters. The number of hydrogen-bond acceptors (Lipinski definition) is 2. The number of rotatable bonds is 7. The van der Waals surface area contributed by atoms with Crippen molar-refractivity contribution in [2.24, 2.45) is 5.92 Å². The van der Waals surface area contributed by atoms with Crippen molar-refractivity contribution in [3.8, 4) is 5.75 Å². The van der Waals surface area contributed by atoms with E-state index >= 15 is 0 Å². The number of ketones is 1. The van der Waals surface area contributed by atoms with Crippen LogP contribution in [0.3, 0.4) is 0 Å². The number of ether oxygens (including phenoxy) is 1. The van der Waals surface area contributed by atoms with Crippen LogP contribution >= 0.6 is 15.9 Å². The zero-order chi connectivity index (χ0) is 13.5. The van der Waals surface area contributed by atoms with Crippen LogP contribution in [0.4, 0.5) is 0 Å². The Morgan fingerprint density at radius 2 is 2.17 bits per heavy atom. The first kappa shape index (κ1) is 15.2. The van der Waals surface area contributed by atoms with Crippen molar-refractivity contribution < 1.29 is 9.53 Å². The fourth-order valence-corrected chi connectivity index (χ4v) is 2.67. The zero-order valence-electron chi connectivity index (χ0n) is 11.3. The second kappa shape index (κ2) is 7.57. The van der Waals surface area contributed by atoms with E-state index in [2.05, 4.69) is 35.0 Å². The van der Waals surface area contributed by atoms with Crippen molar-refractivity contribution in [3.63, 3.8) is 0 Å². The van der Waals surface area contributed by atoms with Gasteiger partial charge in [-0.3, -0.25) is 4.79 Å². The molecule has 0 aliphatic carbocycles. The van der Waals surface area contributed by atoms with E-state index in [1.165, 1.54) is 5.56 Å². The number of methoxy groups -OCH3 is 1. The van der Waals surface area contributed by atoms with E-state index in [0.717, 1.165) is 23.1 Å². The largest absolute Gasteiger partial charge is 0.496 e. The molecule has 0 N–H and O–H groups in total. The molecule has 1 aromatic rings. The summed E-state index contributed by atoms with van der Waals surface area (Å²) in [5, 5.41) is 0. The lowest BCUT2D eigenvalue weighted by Gasteiger charge is -2.12. The van der Waals surface area contributed by atoms with Crippen LogP contribution in [0.15, 0.2) is 22.7 Å². The van der Waals surface area contributed by atoms with Gasteiger partial charge in [0.15, 0.2) is 0 Å². The first-order valence-electron chi connectivity index (χ1n) is 6.41. The van der Waals surface area contributed by atoms with Gasteiger partial charge in [-0.05, 0) is 52.4 Å². The van der Waals surface area contributed by atoms with Crippen molar-refractivity contribution in [3.05, 3.63) is 28.2 Å². The number of hydrogen-bond donors (Lipinski definition) is 0. The SMILES string of the molecule is CCCC(=O)CC(C)Cc1ccc(OC)c(Br)c1. The minimum Gasteiger partial charge on any atom is -0.496 e. The van der Waals surface area contributed by atoms with Crippen LogP contribution in [0, 0.1) is 5.92 Å². The van der Waals surface area contributed by atoms with Gasteiger partial charge in [0.2, 0.25) is 0 Å².